The molecule has 3 amide bonds. The quantitative estimate of drug-likeness (QED) is 0.551. The third-order valence-electron chi connectivity index (χ3n) is 5.11. The highest BCUT2D eigenvalue weighted by molar-refractivity contribution is 9.10. The second kappa shape index (κ2) is 9.22. The van der Waals surface area contributed by atoms with Crippen molar-refractivity contribution in [3.8, 4) is 6.07 Å². The van der Waals surface area contributed by atoms with Gasteiger partial charge in [0.05, 0.1) is 22.6 Å². The minimum Gasteiger partial charge on any atom is -0.311 e. The molecule has 1 unspecified atom stereocenters. The molecule has 0 bridgehead atoms. The van der Waals surface area contributed by atoms with Gasteiger partial charge in [-0.15, -0.1) is 0 Å². The van der Waals surface area contributed by atoms with Crippen LogP contribution in [0.5, 0.6) is 0 Å². The molecule has 1 heterocycles. The summed E-state index contributed by atoms with van der Waals surface area (Å²) < 4.78 is 15.2. The molecule has 0 radical (unpaired) electrons. The van der Waals surface area contributed by atoms with Crippen LogP contribution in [0.15, 0.2) is 76.2 Å². The molecule has 0 fully saturated rings. The monoisotopic (exact) mass is 505 g/mol. The fraction of sp³-hybridized carbons (Fsp3) is 0.0833. The van der Waals surface area contributed by atoms with Crippen LogP contribution in [0, 0.1) is 17.1 Å². The summed E-state index contributed by atoms with van der Waals surface area (Å²) in [7, 11) is 1.56. The number of nitrogens with zero attached hydrogens (tertiary/aromatic N) is 3. The van der Waals surface area contributed by atoms with E-state index < -0.39 is 23.9 Å². The summed E-state index contributed by atoms with van der Waals surface area (Å²) in [5, 5.41) is 14.4. The zero-order valence-electron chi connectivity index (χ0n) is 17.3. The van der Waals surface area contributed by atoms with Crippen LogP contribution < -0.4 is 15.5 Å². The number of amides is 3. The highest BCUT2D eigenvalue weighted by Gasteiger charge is 2.31. The van der Waals surface area contributed by atoms with E-state index in [1.54, 1.807) is 67.7 Å². The van der Waals surface area contributed by atoms with Crippen molar-refractivity contribution in [3.05, 3.63) is 93.7 Å². The van der Waals surface area contributed by atoms with Gasteiger partial charge in [-0.05, 0) is 46.3 Å². The lowest BCUT2D eigenvalue weighted by molar-refractivity contribution is -0.119. The molecule has 164 valence electrons. The van der Waals surface area contributed by atoms with Crippen molar-refractivity contribution in [2.24, 2.45) is 4.99 Å². The van der Waals surface area contributed by atoms with Crippen LogP contribution in [0.1, 0.15) is 16.7 Å². The second-order valence-electron chi connectivity index (χ2n) is 7.15. The number of fused-ring (bicyclic) bond motifs is 1. The SMILES string of the molecule is CN1C(=O)C(NC(=O)Nc2c(Br)cccc2C#N)N=C(c2ccccc2F)c2ccccc21. The standard InChI is InChI=1S/C24H17BrFN5O2/c1-31-19-12-5-3-9-16(19)21(15-8-2-4-11-18(15)26)28-22(23(31)32)30-24(33)29-20-14(13-27)7-6-10-17(20)25/h2-12,22H,1H3,(H2,29,30,33). The predicted molar refractivity (Wildman–Crippen MR) is 127 cm³/mol. The van der Waals surface area contributed by atoms with E-state index in [9.17, 15) is 19.2 Å². The van der Waals surface area contributed by atoms with E-state index in [4.69, 9.17) is 0 Å². The van der Waals surface area contributed by atoms with Gasteiger partial charge >= 0.3 is 6.03 Å². The first-order valence-corrected chi connectivity index (χ1v) is 10.7. The first-order valence-electron chi connectivity index (χ1n) is 9.86. The van der Waals surface area contributed by atoms with Crippen molar-refractivity contribution in [1.82, 2.24) is 5.32 Å². The molecule has 1 aliphatic heterocycles. The van der Waals surface area contributed by atoms with Crippen molar-refractivity contribution < 1.29 is 14.0 Å². The second-order valence-corrected chi connectivity index (χ2v) is 8.00. The van der Waals surface area contributed by atoms with Gasteiger partial charge in [0, 0.05) is 22.6 Å². The van der Waals surface area contributed by atoms with Gasteiger partial charge < -0.3 is 15.5 Å². The molecule has 3 aromatic carbocycles. The van der Waals surface area contributed by atoms with Crippen LogP contribution in [0.3, 0.4) is 0 Å². The van der Waals surface area contributed by atoms with Gasteiger partial charge in [-0.3, -0.25) is 4.79 Å². The number of para-hydroxylation sites is 2. The maximum absolute atomic E-state index is 14.7. The molecule has 4 rings (SSSR count). The van der Waals surface area contributed by atoms with Gasteiger partial charge in [0.2, 0.25) is 6.17 Å². The number of carbonyl (C=O) groups is 2. The average molecular weight is 506 g/mol. The molecule has 7 nitrogen and oxygen atoms in total. The van der Waals surface area contributed by atoms with Gasteiger partial charge in [-0.25, -0.2) is 14.2 Å². The van der Waals surface area contributed by atoms with Gasteiger partial charge in [0.15, 0.2) is 0 Å². The van der Waals surface area contributed by atoms with E-state index >= 15 is 0 Å². The summed E-state index contributed by atoms with van der Waals surface area (Å²) in [5.41, 5.74) is 2.04. The minimum atomic E-state index is -1.33. The molecule has 1 atom stereocenters. The summed E-state index contributed by atoms with van der Waals surface area (Å²) in [5.74, 6) is -1.00. The molecule has 0 spiro atoms. The molecule has 1 aliphatic rings. The molecule has 0 saturated heterocycles. The third-order valence-corrected chi connectivity index (χ3v) is 5.77. The number of benzodiazepines with no additional fused rings is 1. The summed E-state index contributed by atoms with van der Waals surface area (Å²) in [6.45, 7) is 0. The summed E-state index contributed by atoms with van der Waals surface area (Å²) in [4.78, 5) is 31.8. The number of nitriles is 1. The molecule has 33 heavy (non-hydrogen) atoms. The largest absolute Gasteiger partial charge is 0.321 e. The predicted octanol–water partition coefficient (Wildman–Crippen LogP) is 4.42. The molecule has 2 N–H and O–H groups in total. The number of hydrogen-bond donors (Lipinski definition) is 2. The van der Waals surface area contributed by atoms with E-state index in [1.165, 1.54) is 11.0 Å². The zero-order chi connectivity index (χ0) is 23.5. The topological polar surface area (TPSA) is 97.6 Å². The fourth-order valence-corrected chi connectivity index (χ4v) is 3.97. The number of aliphatic imine (C=N–C) groups is 1. The lowest BCUT2D eigenvalue weighted by Gasteiger charge is -2.21. The summed E-state index contributed by atoms with van der Waals surface area (Å²) in [6.07, 6.45) is -1.33. The average Bonchev–Trinajstić information content (AvgIpc) is 2.91. The number of carbonyl (C=O) groups excluding carboxylic acids is 2. The number of rotatable bonds is 3. The Labute approximate surface area is 197 Å². The smallest absolute Gasteiger partial charge is 0.311 e. The van der Waals surface area contributed by atoms with Gasteiger partial charge in [0.25, 0.3) is 5.91 Å². The molecule has 3 aromatic rings. The Hall–Kier alpha value is -4.03. The minimum absolute atomic E-state index is 0.206. The van der Waals surface area contributed by atoms with E-state index in [2.05, 4.69) is 31.6 Å². The van der Waals surface area contributed by atoms with E-state index in [-0.39, 0.29) is 22.5 Å². The maximum atomic E-state index is 14.7. The van der Waals surface area contributed by atoms with Crippen LogP contribution in [0.25, 0.3) is 0 Å². The van der Waals surface area contributed by atoms with E-state index in [0.717, 1.165) is 0 Å². The number of nitrogens with one attached hydrogen (secondary N) is 2. The Bertz CT molecular complexity index is 1330. The lowest BCUT2D eigenvalue weighted by Crippen LogP contribution is -2.47. The number of halogens is 2. The number of likely N-dealkylation sites (N-methyl/N-ethyl adjacent to an activating group) is 1. The molecular formula is C24H17BrFN5O2. The van der Waals surface area contributed by atoms with E-state index in [0.29, 0.717) is 15.7 Å². The van der Waals surface area contributed by atoms with E-state index in [1.807, 2.05) is 6.07 Å². The molecule has 0 saturated carbocycles. The number of anilines is 2. The Kier molecular flexibility index (Phi) is 6.20. The highest BCUT2D eigenvalue weighted by atomic mass is 79.9. The van der Waals surface area contributed by atoms with Crippen LogP contribution in [-0.4, -0.2) is 30.9 Å². The molecule has 0 aromatic heterocycles. The van der Waals surface area contributed by atoms with Crippen molar-refractivity contribution in [3.63, 3.8) is 0 Å². The molecule has 9 heteroatoms. The number of hydrogen-bond acceptors (Lipinski definition) is 4. The van der Waals surface area contributed by atoms with Crippen molar-refractivity contribution in [2.75, 3.05) is 17.3 Å². The third kappa shape index (κ3) is 4.33. The first-order chi connectivity index (χ1) is 15.9. The Morgan fingerprint density at radius 3 is 2.52 bits per heavy atom. The Morgan fingerprint density at radius 2 is 1.79 bits per heavy atom. The van der Waals surface area contributed by atoms with Crippen LogP contribution in [-0.2, 0) is 4.79 Å². The van der Waals surface area contributed by atoms with Crippen LogP contribution >= 0.6 is 15.9 Å². The Balaban J connectivity index is 1.74. The summed E-state index contributed by atoms with van der Waals surface area (Å²) >= 11 is 3.31. The Morgan fingerprint density at radius 1 is 1.09 bits per heavy atom. The van der Waals surface area contributed by atoms with Gasteiger partial charge in [0.1, 0.15) is 11.9 Å². The normalized spacial score (nSPS) is 15.1. The van der Waals surface area contributed by atoms with Crippen molar-refractivity contribution in [1.29, 1.82) is 5.26 Å². The van der Waals surface area contributed by atoms with Crippen molar-refractivity contribution in [2.45, 2.75) is 6.17 Å². The van der Waals surface area contributed by atoms with Gasteiger partial charge in [-0.1, -0.05) is 36.4 Å². The van der Waals surface area contributed by atoms with Crippen molar-refractivity contribution >= 4 is 45.0 Å². The van der Waals surface area contributed by atoms with Crippen LogP contribution in [0.4, 0.5) is 20.6 Å². The summed E-state index contributed by atoms with van der Waals surface area (Å²) in [6, 6.07) is 19.3. The highest BCUT2D eigenvalue weighted by Crippen LogP contribution is 2.29. The lowest BCUT2D eigenvalue weighted by atomic mass is 10.00. The number of urea groups is 1. The first kappa shape index (κ1) is 22.2. The number of benzene rings is 3. The molecule has 0 aliphatic carbocycles. The maximum Gasteiger partial charge on any atom is 0.321 e. The molecular weight excluding hydrogens is 489 g/mol. The zero-order valence-corrected chi connectivity index (χ0v) is 18.9. The van der Waals surface area contributed by atoms with Gasteiger partial charge in [-0.2, -0.15) is 5.26 Å². The van der Waals surface area contributed by atoms with Crippen LogP contribution in [0.2, 0.25) is 0 Å². The fourth-order valence-electron chi connectivity index (χ4n) is 3.50.